The summed E-state index contributed by atoms with van der Waals surface area (Å²) in [5, 5.41) is 6.48. The molecule has 18 heteroatoms. The van der Waals surface area contributed by atoms with Crippen molar-refractivity contribution in [2.75, 3.05) is 46.9 Å². The molecule has 3 aliphatic heterocycles. The first-order chi connectivity index (χ1) is 31.1. The molecule has 3 amide bonds. The Morgan fingerprint density at radius 2 is 1.69 bits per heavy atom. The summed E-state index contributed by atoms with van der Waals surface area (Å²) in [7, 11) is -3.73. The number of sulfonamides is 1. The lowest BCUT2D eigenvalue weighted by atomic mass is 9.90. The zero-order valence-corrected chi connectivity index (χ0v) is 38.6. The molecule has 15 nitrogen and oxygen atoms in total. The van der Waals surface area contributed by atoms with Gasteiger partial charge in [0, 0.05) is 86.5 Å². The summed E-state index contributed by atoms with van der Waals surface area (Å²) in [5.74, 6) is 0.148. The van der Waals surface area contributed by atoms with Crippen molar-refractivity contribution in [3.63, 3.8) is 0 Å². The third-order valence-electron chi connectivity index (χ3n) is 11.9. The predicted molar refractivity (Wildman–Crippen MR) is 249 cm³/mol. The van der Waals surface area contributed by atoms with Gasteiger partial charge in [0.2, 0.25) is 33.7 Å². The number of ether oxygens (including phenoxy) is 1. The largest absolute Gasteiger partial charge is 0.490 e. The van der Waals surface area contributed by atoms with E-state index in [4.69, 9.17) is 14.7 Å². The second-order valence-corrected chi connectivity index (χ2v) is 20.6. The standard InChI is InChI=1S/C47H54FN9O6S2/c1-5-26-65(61,62)55-36-11-7-10-35(40(36)48)41-42(64-45(54-41)47(2,3)4)37-15-21-50-46(52-37)51-31-8-6-9-33(28-31)63-32-18-24-57(25-19-32)44(60)29-16-22-56(23-17-29)38-27-30(14-20-49-38)34-12-13-39(58)53-43(34)59/h6-11,14-15,20-21,27-29,32,34,55H,5,12-13,16-19,22-26H2,1-4H3,(H,50,51,52)(H,53,58,59)/t34-/m1/s1. The van der Waals surface area contributed by atoms with Crippen molar-refractivity contribution in [3.8, 4) is 27.6 Å². The number of aromatic nitrogens is 4. The van der Waals surface area contributed by atoms with Crippen LogP contribution in [0, 0.1) is 11.7 Å². The molecule has 0 unspecified atom stereocenters. The highest BCUT2D eigenvalue weighted by atomic mass is 32.2. The van der Waals surface area contributed by atoms with E-state index in [1.54, 1.807) is 37.5 Å². The summed E-state index contributed by atoms with van der Waals surface area (Å²) >= 11 is 1.40. The SMILES string of the molecule is CCCS(=O)(=O)Nc1cccc(-c2nc(C(C)(C)C)sc2-c2ccnc(Nc3cccc(OC4CCN(C(=O)C5CCN(c6cc([C@H]7CCC(=O)NC7=O)ccn6)CC5)CC4)c3)n2)c1F. The molecule has 0 aliphatic carbocycles. The van der Waals surface area contributed by atoms with Gasteiger partial charge >= 0.3 is 0 Å². The average molecular weight is 924 g/mol. The molecule has 8 rings (SSSR count). The molecular weight excluding hydrogens is 870 g/mol. The average Bonchev–Trinajstić information content (AvgIpc) is 3.74. The second-order valence-electron chi connectivity index (χ2n) is 17.8. The maximum atomic E-state index is 16.1. The minimum absolute atomic E-state index is 0.0685. The first-order valence-electron chi connectivity index (χ1n) is 22.2. The fraction of sp³-hybridized carbons (Fsp3) is 0.426. The van der Waals surface area contributed by atoms with Crippen LogP contribution in [0.1, 0.15) is 89.1 Å². The van der Waals surface area contributed by atoms with Crippen molar-refractivity contribution in [1.82, 2.24) is 30.2 Å². The molecule has 2 aromatic carbocycles. The third kappa shape index (κ3) is 10.8. The lowest BCUT2D eigenvalue weighted by Crippen LogP contribution is -2.47. The van der Waals surface area contributed by atoms with Crippen LogP contribution in [0.3, 0.4) is 0 Å². The van der Waals surface area contributed by atoms with Gasteiger partial charge in [0.05, 0.1) is 38.6 Å². The highest BCUT2D eigenvalue weighted by Gasteiger charge is 2.33. The van der Waals surface area contributed by atoms with E-state index in [0.717, 1.165) is 16.4 Å². The van der Waals surface area contributed by atoms with Crippen LogP contribution in [-0.4, -0.2) is 89.0 Å². The van der Waals surface area contributed by atoms with Gasteiger partial charge in [-0.1, -0.05) is 39.8 Å². The number of pyridine rings is 1. The third-order valence-corrected chi connectivity index (χ3v) is 14.9. The van der Waals surface area contributed by atoms with E-state index in [1.807, 2.05) is 62.1 Å². The number of carbonyl (C=O) groups excluding carboxylic acids is 3. The molecule has 0 spiro atoms. The molecule has 0 saturated carbocycles. The predicted octanol–water partition coefficient (Wildman–Crippen LogP) is 7.80. The van der Waals surface area contributed by atoms with Gasteiger partial charge in [-0.25, -0.2) is 32.7 Å². The van der Waals surface area contributed by atoms with Crippen molar-refractivity contribution in [2.45, 2.75) is 90.1 Å². The molecule has 3 fully saturated rings. The Balaban J connectivity index is 0.873. The Kier molecular flexibility index (Phi) is 13.5. The van der Waals surface area contributed by atoms with E-state index < -0.39 is 15.8 Å². The summed E-state index contributed by atoms with van der Waals surface area (Å²) in [4.78, 5) is 61.2. The molecule has 6 heterocycles. The van der Waals surface area contributed by atoms with Crippen LogP contribution in [0.25, 0.3) is 21.8 Å². The summed E-state index contributed by atoms with van der Waals surface area (Å²) in [6, 6.07) is 17.6. The first kappa shape index (κ1) is 45.6. The number of halogens is 1. The second kappa shape index (κ2) is 19.2. The van der Waals surface area contributed by atoms with Crippen LogP contribution in [0.15, 0.2) is 73.1 Å². The van der Waals surface area contributed by atoms with Gasteiger partial charge in [-0.3, -0.25) is 24.4 Å². The van der Waals surface area contributed by atoms with Crippen molar-refractivity contribution in [3.05, 3.63) is 89.4 Å². The molecule has 5 aromatic rings. The van der Waals surface area contributed by atoms with E-state index >= 15 is 4.39 Å². The minimum Gasteiger partial charge on any atom is -0.490 e. The van der Waals surface area contributed by atoms with Crippen molar-refractivity contribution >= 4 is 62.2 Å². The molecule has 1 atom stereocenters. The number of benzene rings is 2. The maximum Gasteiger partial charge on any atom is 0.234 e. The highest BCUT2D eigenvalue weighted by molar-refractivity contribution is 7.92. The number of anilines is 4. The molecule has 3 N–H and O–H groups in total. The van der Waals surface area contributed by atoms with Crippen molar-refractivity contribution in [1.29, 1.82) is 0 Å². The summed E-state index contributed by atoms with van der Waals surface area (Å²) in [6.45, 7) is 10.4. The number of nitrogens with one attached hydrogen (secondary N) is 3. The van der Waals surface area contributed by atoms with Gasteiger partial charge in [-0.05, 0) is 73.7 Å². The van der Waals surface area contributed by atoms with E-state index in [2.05, 4.69) is 30.2 Å². The number of likely N-dealkylation sites (tertiary alicyclic amines) is 1. The van der Waals surface area contributed by atoms with E-state index in [9.17, 15) is 22.8 Å². The molecule has 3 aromatic heterocycles. The topological polar surface area (TPSA) is 189 Å². The van der Waals surface area contributed by atoms with E-state index in [1.165, 1.54) is 17.4 Å². The summed E-state index contributed by atoms with van der Waals surface area (Å²) in [6.07, 6.45) is 7.29. The van der Waals surface area contributed by atoms with Gasteiger partial charge in [-0.15, -0.1) is 11.3 Å². The number of amides is 3. The van der Waals surface area contributed by atoms with Crippen LogP contribution < -0.4 is 25.0 Å². The highest BCUT2D eigenvalue weighted by Crippen LogP contribution is 2.42. The van der Waals surface area contributed by atoms with Gasteiger partial charge in [0.25, 0.3) is 0 Å². The number of rotatable bonds is 13. The molecule has 3 saturated heterocycles. The van der Waals surface area contributed by atoms with Crippen LogP contribution in [0.2, 0.25) is 0 Å². The van der Waals surface area contributed by atoms with Crippen LogP contribution in [-0.2, 0) is 29.8 Å². The Labute approximate surface area is 382 Å². The Morgan fingerprint density at radius 1 is 0.938 bits per heavy atom. The van der Waals surface area contributed by atoms with Gasteiger partial charge in [0.15, 0.2) is 5.82 Å². The molecule has 0 bridgehead atoms. The Bertz CT molecular complexity index is 2670. The van der Waals surface area contributed by atoms with Crippen LogP contribution in [0.4, 0.5) is 27.5 Å². The number of carbonyl (C=O) groups is 3. The van der Waals surface area contributed by atoms with Gasteiger partial charge in [0.1, 0.15) is 17.7 Å². The van der Waals surface area contributed by atoms with Crippen LogP contribution >= 0.6 is 11.3 Å². The minimum atomic E-state index is -3.73. The summed E-state index contributed by atoms with van der Waals surface area (Å²) < 4.78 is 50.0. The smallest absolute Gasteiger partial charge is 0.234 e. The van der Waals surface area contributed by atoms with Gasteiger partial charge < -0.3 is 19.9 Å². The number of imide groups is 1. The maximum absolute atomic E-state index is 16.1. The lowest BCUT2D eigenvalue weighted by Gasteiger charge is -2.37. The Hall–Kier alpha value is -6.01. The summed E-state index contributed by atoms with van der Waals surface area (Å²) in [5.41, 5.74) is 2.09. The molecule has 342 valence electrons. The number of hydrogen-bond acceptors (Lipinski definition) is 13. The van der Waals surface area contributed by atoms with Crippen LogP contribution in [0.5, 0.6) is 5.75 Å². The number of thiazole rings is 1. The number of nitrogens with zero attached hydrogens (tertiary/aromatic N) is 6. The van der Waals surface area contributed by atoms with Crippen molar-refractivity contribution < 1.29 is 31.9 Å². The van der Waals surface area contributed by atoms with E-state index in [0.29, 0.717) is 105 Å². The zero-order chi connectivity index (χ0) is 45.9. The fourth-order valence-electron chi connectivity index (χ4n) is 8.44. The first-order valence-corrected chi connectivity index (χ1v) is 24.6. The fourth-order valence-corrected chi connectivity index (χ4v) is 10.7. The molecule has 65 heavy (non-hydrogen) atoms. The van der Waals surface area contributed by atoms with Gasteiger partial charge in [-0.2, -0.15) is 0 Å². The normalized spacial score (nSPS) is 17.8. The number of piperidine rings is 3. The quantitative estimate of drug-likeness (QED) is 0.0974. The van der Waals surface area contributed by atoms with Crippen molar-refractivity contribution in [2.24, 2.45) is 5.92 Å². The molecular formula is C47H54FN9O6S2. The zero-order valence-electron chi connectivity index (χ0n) is 37.0. The number of hydrogen-bond donors (Lipinski definition) is 3. The van der Waals surface area contributed by atoms with E-state index in [-0.39, 0.29) is 58.1 Å². The molecule has 0 radical (unpaired) electrons. The monoisotopic (exact) mass is 923 g/mol. The molecule has 3 aliphatic rings. The Morgan fingerprint density at radius 3 is 2.43 bits per heavy atom. The lowest BCUT2D eigenvalue weighted by molar-refractivity contribution is -0.138.